The minimum Gasteiger partial charge on any atom is -0.455 e. The van der Waals surface area contributed by atoms with E-state index < -0.39 is 16.6 Å². The zero-order valence-corrected chi connectivity index (χ0v) is 11.7. The summed E-state index contributed by atoms with van der Waals surface area (Å²) in [4.78, 5) is 15.8. The number of hydrogen-bond donors (Lipinski definition) is 0. The second-order valence-electron chi connectivity index (χ2n) is 7.09. The van der Waals surface area contributed by atoms with Crippen LogP contribution in [-0.2, 0) is 9.53 Å². The second-order valence-corrected chi connectivity index (χ2v) is 7.09. The number of ether oxygens (including phenoxy) is 1. The van der Waals surface area contributed by atoms with Gasteiger partial charge < -0.3 is 9.58 Å². The first-order chi connectivity index (χ1) is 9.36. The Hall–Kier alpha value is -1.81. The Morgan fingerprint density at radius 3 is 2.75 bits per heavy atom. The SMILES string of the molecule is [C-]#[N+]C12CC3CC(C#N)(C1)CC(OC(=O)C(=C)C)(C3)C2. The maximum Gasteiger partial charge on any atom is 0.333 e. The third kappa shape index (κ3) is 1.75. The lowest BCUT2D eigenvalue weighted by molar-refractivity contribution is -0.189. The molecule has 0 heterocycles. The Morgan fingerprint density at radius 2 is 2.15 bits per heavy atom. The van der Waals surface area contributed by atoms with Gasteiger partial charge in [0, 0.05) is 24.8 Å². The van der Waals surface area contributed by atoms with Gasteiger partial charge in [-0.25, -0.2) is 11.4 Å². The van der Waals surface area contributed by atoms with Gasteiger partial charge in [0.15, 0.2) is 0 Å². The first-order valence-electron chi connectivity index (χ1n) is 7.04. The molecule has 0 aromatic rings. The molecule has 0 saturated heterocycles. The predicted octanol–water partition coefficient (Wildman–Crippen LogP) is 3.01. The van der Waals surface area contributed by atoms with E-state index in [2.05, 4.69) is 17.5 Å². The minimum absolute atomic E-state index is 0.331. The summed E-state index contributed by atoms with van der Waals surface area (Å²) in [6, 6.07) is 2.44. The van der Waals surface area contributed by atoms with Crippen LogP contribution in [0.2, 0.25) is 0 Å². The van der Waals surface area contributed by atoms with Crippen molar-refractivity contribution >= 4 is 5.97 Å². The van der Waals surface area contributed by atoms with E-state index >= 15 is 0 Å². The molecule has 4 heteroatoms. The molecule has 4 unspecified atom stereocenters. The molecule has 4 aliphatic carbocycles. The highest BCUT2D eigenvalue weighted by Crippen LogP contribution is 2.65. The van der Waals surface area contributed by atoms with Crippen LogP contribution >= 0.6 is 0 Å². The molecule has 20 heavy (non-hydrogen) atoms. The lowest BCUT2D eigenvalue weighted by Crippen LogP contribution is -2.63. The number of nitriles is 1. The van der Waals surface area contributed by atoms with Gasteiger partial charge >= 0.3 is 5.97 Å². The number of esters is 1. The molecule has 0 aliphatic heterocycles. The Labute approximate surface area is 119 Å². The van der Waals surface area contributed by atoms with E-state index in [4.69, 9.17) is 11.3 Å². The summed E-state index contributed by atoms with van der Waals surface area (Å²) in [5.41, 5.74) is -1.21. The van der Waals surface area contributed by atoms with Gasteiger partial charge in [-0.1, -0.05) is 6.58 Å². The van der Waals surface area contributed by atoms with E-state index in [-0.39, 0.29) is 5.97 Å². The van der Waals surface area contributed by atoms with E-state index in [0.29, 0.717) is 30.8 Å². The third-order valence-corrected chi connectivity index (χ3v) is 5.12. The number of carbonyl (C=O) groups is 1. The van der Waals surface area contributed by atoms with Gasteiger partial charge in [-0.3, -0.25) is 0 Å². The van der Waals surface area contributed by atoms with Crippen LogP contribution in [0, 0.1) is 29.2 Å². The molecule has 4 aliphatic rings. The van der Waals surface area contributed by atoms with Crippen LogP contribution in [0.3, 0.4) is 0 Å². The van der Waals surface area contributed by atoms with Crippen molar-refractivity contribution in [3.05, 3.63) is 23.6 Å². The number of rotatable bonds is 2. The lowest BCUT2D eigenvalue weighted by Gasteiger charge is -2.58. The van der Waals surface area contributed by atoms with Gasteiger partial charge in [0.2, 0.25) is 5.54 Å². The molecular formula is C16H18N2O2. The summed E-state index contributed by atoms with van der Waals surface area (Å²) in [7, 11) is 0. The van der Waals surface area contributed by atoms with Gasteiger partial charge in [0.25, 0.3) is 0 Å². The summed E-state index contributed by atoms with van der Waals surface area (Å²) in [5.74, 6) is -0.0573. The van der Waals surface area contributed by atoms with Crippen LogP contribution < -0.4 is 0 Å². The third-order valence-electron chi connectivity index (χ3n) is 5.12. The first kappa shape index (κ1) is 13.2. The van der Waals surface area contributed by atoms with Crippen molar-refractivity contribution in [3.8, 4) is 6.07 Å². The first-order valence-corrected chi connectivity index (χ1v) is 7.04. The molecule has 0 aromatic heterocycles. The highest BCUT2D eigenvalue weighted by atomic mass is 16.6. The van der Waals surface area contributed by atoms with Crippen molar-refractivity contribution in [1.82, 2.24) is 0 Å². The standard InChI is InChI=1S/C16H18N2O2/c1-11(2)13(19)20-16-6-12-4-14(8-16,10-17)7-15(5-12,9-16)18-3/h12H,1,4-9H2,2H3. The van der Waals surface area contributed by atoms with Crippen molar-refractivity contribution in [2.24, 2.45) is 11.3 Å². The van der Waals surface area contributed by atoms with Crippen LogP contribution in [0.5, 0.6) is 0 Å². The molecule has 4 rings (SSSR count). The van der Waals surface area contributed by atoms with Crippen molar-refractivity contribution in [2.45, 2.75) is 56.6 Å². The molecule has 0 N–H and O–H groups in total. The Bertz CT molecular complexity index is 550. The molecular weight excluding hydrogens is 252 g/mol. The van der Waals surface area contributed by atoms with Crippen molar-refractivity contribution in [2.75, 3.05) is 0 Å². The highest BCUT2D eigenvalue weighted by Gasteiger charge is 2.69. The summed E-state index contributed by atoms with van der Waals surface area (Å²) in [6.07, 6.45) is 4.32. The molecule has 4 atom stereocenters. The number of hydrogen-bond acceptors (Lipinski definition) is 3. The fourth-order valence-corrected chi connectivity index (χ4v) is 4.95. The van der Waals surface area contributed by atoms with E-state index in [0.717, 1.165) is 19.3 Å². The smallest absolute Gasteiger partial charge is 0.333 e. The van der Waals surface area contributed by atoms with Crippen LogP contribution in [-0.4, -0.2) is 17.1 Å². The molecule has 4 saturated carbocycles. The summed E-state index contributed by atoms with van der Waals surface area (Å²) >= 11 is 0. The summed E-state index contributed by atoms with van der Waals surface area (Å²) in [5, 5.41) is 9.59. The van der Waals surface area contributed by atoms with Gasteiger partial charge in [0.1, 0.15) is 5.60 Å². The molecule has 4 fully saturated rings. The highest BCUT2D eigenvalue weighted by molar-refractivity contribution is 5.87. The quantitative estimate of drug-likeness (QED) is 0.440. The Morgan fingerprint density at radius 1 is 1.40 bits per heavy atom. The van der Waals surface area contributed by atoms with Crippen LogP contribution in [0.1, 0.15) is 45.4 Å². The lowest BCUT2D eigenvalue weighted by atomic mass is 9.46. The molecule has 0 aromatic carbocycles. The molecule has 0 radical (unpaired) electrons. The maximum absolute atomic E-state index is 11.9. The second kappa shape index (κ2) is 3.85. The van der Waals surface area contributed by atoms with Gasteiger partial charge in [-0.15, -0.1) is 0 Å². The Kier molecular flexibility index (Phi) is 2.54. The normalized spacial score (nSPS) is 44.5. The monoisotopic (exact) mass is 270 g/mol. The topological polar surface area (TPSA) is 54.4 Å². The maximum atomic E-state index is 11.9. The van der Waals surface area contributed by atoms with Crippen molar-refractivity contribution in [1.29, 1.82) is 5.26 Å². The average molecular weight is 270 g/mol. The van der Waals surface area contributed by atoms with E-state index in [1.807, 2.05) is 0 Å². The van der Waals surface area contributed by atoms with Crippen molar-refractivity contribution < 1.29 is 9.53 Å². The van der Waals surface area contributed by atoms with Crippen LogP contribution in [0.15, 0.2) is 12.2 Å². The average Bonchev–Trinajstić information content (AvgIpc) is 2.36. The number of nitrogens with zero attached hydrogens (tertiary/aromatic N) is 2. The van der Waals surface area contributed by atoms with Gasteiger partial charge in [-0.05, 0) is 25.7 Å². The van der Waals surface area contributed by atoms with E-state index in [9.17, 15) is 10.1 Å². The zero-order valence-electron chi connectivity index (χ0n) is 11.7. The van der Waals surface area contributed by atoms with Crippen molar-refractivity contribution in [3.63, 3.8) is 0 Å². The molecule has 0 spiro atoms. The van der Waals surface area contributed by atoms with E-state index in [1.165, 1.54) is 0 Å². The van der Waals surface area contributed by atoms with E-state index in [1.54, 1.807) is 6.92 Å². The molecule has 104 valence electrons. The summed E-state index contributed by atoms with van der Waals surface area (Å²) < 4.78 is 5.73. The summed E-state index contributed by atoms with van der Waals surface area (Å²) in [6.45, 7) is 12.8. The van der Waals surface area contributed by atoms with Gasteiger partial charge in [-0.2, -0.15) is 5.26 Å². The molecule has 4 bridgehead atoms. The molecule has 4 nitrogen and oxygen atoms in total. The Balaban J connectivity index is 1.98. The zero-order chi connectivity index (χ0) is 14.6. The number of carbonyl (C=O) groups excluding carboxylic acids is 1. The molecule has 0 amide bonds. The fraction of sp³-hybridized carbons (Fsp3) is 0.688. The fourth-order valence-electron chi connectivity index (χ4n) is 4.95. The van der Waals surface area contributed by atoms with Crippen LogP contribution in [0.4, 0.5) is 0 Å². The predicted molar refractivity (Wildman–Crippen MR) is 72.2 cm³/mol. The van der Waals surface area contributed by atoms with Gasteiger partial charge in [0.05, 0.1) is 17.9 Å². The minimum atomic E-state index is -0.615. The largest absolute Gasteiger partial charge is 0.455 e. The van der Waals surface area contributed by atoms with Crippen LogP contribution in [0.25, 0.3) is 4.85 Å².